The van der Waals surface area contributed by atoms with E-state index in [0.29, 0.717) is 18.9 Å². The summed E-state index contributed by atoms with van der Waals surface area (Å²) in [7, 11) is 0. The standard InChI is InChI=1S/C17H20N2O3/c20-16(9-8-13-6-7-13)19-11-15(19)10-18-17(21)22-12-14-4-2-1-3-5-14/h1-7,13,15H,8-12H2,(H,18,21). The van der Waals surface area contributed by atoms with Crippen LogP contribution < -0.4 is 5.32 Å². The maximum absolute atomic E-state index is 11.9. The zero-order valence-electron chi connectivity index (χ0n) is 12.4. The number of hydrogen-bond donors (Lipinski definition) is 1. The highest BCUT2D eigenvalue weighted by Crippen LogP contribution is 2.25. The quantitative estimate of drug-likeness (QED) is 0.619. The monoisotopic (exact) mass is 300 g/mol. The molecule has 2 amide bonds. The van der Waals surface area contributed by atoms with E-state index < -0.39 is 6.09 Å². The van der Waals surface area contributed by atoms with Gasteiger partial charge in [-0.25, -0.2) is 4.79 Å². The number of alkyl carbamates (subject to hydrolysis) is 1. The van der Waals surface area contributed by atoms with E-state index >= 15 is 0 Å². The summed E-state index contributed by atoms with van der Waals surface area (Å²) in [5.74, 6) is 0.714. The molecular formula is C17H20N2O3. The van der Waals surface area contributed by atoms with Gasteiger partial charge in [0.15, 0.2) is 0 Å². The predicted octanol–water partition coefficient (Wildman–Crippen LogP) is 2.09. The molecule has 0 aromatic heterocycles. The van der Waals surface area contributed by atoms with Crippen molar-refractivity contribution in [2.45, 2.75) is 25.5 Å². The number of allylic oxidation sites excluding steroid dienone is 2. The molecule has 1 heterocycles. The summed E-state index contributed by atoms with van der Waals surface area (Å²) in [6.07, 6.45) is 5.28. The van der Waals surface area contributed by atoms with E-state index in [0.717, 1.165) is 18.5 Å². The van der Waals surface area contributed by atoms with E-state index in [4.69, 9.17) is 4.74 Å². The number of ether oxygens (including phenoxy) is 1. The first kappa shape index (κ1) is 14.6. The summed E-state index contributed by atoms with van der Waals surface area (Å²) < 4.78 is 5.13. The van der Waals surface area contributed by atoms with Crippen LogP contribution in [0, 0.1) is 5.92 Å². The van der Waals surface area contributed by atoms with E-state index in [2.05, 4.69) is 17.5 Å². The van der Waals surface area contributed by atoms with Gasteiger partial charge in [0.2, 0.25) is 5.91 Å². The minimum Gasteiger partial charge on any atom is -0.445 e. The van der Waals surface area contributed by atoms with Gasteiger partial charge in [-0.2, -0.15) is 0 Å². The Bertz CT molecular complexity index is 565. The SMILES string of the molecule is O=C(NCC1CN1C(=O)CCC1C=C1)OCc1ccccc1. The van der Waals surface area contributed by atoms with Crippen molar-refractivity contribution >= 4 is 12.0 Å². The van der Waals surface area contributed by atoms with Gasteiger partial charge in [0.1, 0.15) is 6.61 Å². The van der Waals surface area contributed by atoms with Gasteiger partial charge in [-0.1, -0.05) is 42.5 Å². The lowest BCUT2D eigenvalue weighted by molar-refractivity contribution is -0.126. The fourth-order valence-electron chi connectivity index (χ4n) is 2.34. The fraction of sp³-hybridized carbons (Fsp3) is 0.412. The molecular weight excluding hydrogens is 280 g/mol. The Labute approximate surface area is 129 Å². The molecule has 0 bridgehead atoms. The number of rotatable bonds is 7. The lowest BCUT2D eigenvalue weighted by Crippen LogP contribution is -2.30. The number of hydrogen-bond acceptors (Lipinski definition) is 3. The van der Waals surface area contributed by atoms with Gasteiger partial charge in [-0.15, -0.1) is 0 Å². The highest BCUT2D eigenvalue weighted by molar-refractivity contribution is 5.79. The summed E-state index contributed by atoms with van der Waals surface area (Å²) in [6, 6.07) is 9.67. The van der Waals surface area contributed by atoms with Crippen molar-refractivity contribution in [2.75, 3.05) is 13.1 Å². The van der Waals surface area contributed by atoms with Crippen LogP contribution >= 0.6 is 0 Å². The summed E-state index contributed by atoms with van der Waals surface area (Å²) in [5.41, 5.74) is 0.953. The molecule has 3 rings (SSSR count). The maximum Gasteiger partial charge on any atom is 0.407 e. The molecule has 1 saturated heterocycles. The number of carbonyl (C=O) groups excluding carboxylic acids is 2. The number of amides is 2. The average molecular weight is 300 g/mol. The zero-order valence-corrected chi connectivity index (χ0v) is 12.4. The second-order valence-corrected chi connectivity index (χ2v) is 5.73. The lowest BCUT2D eigenvalue weighted by Gasteiger charge is -2.07. The van der Waals surface area contributed by atoms with Gasteiger partial charge in [-0.3, -0.25) is 4.79 Å². The van der Waals surface area contributed by atoms with Gasteiger partial charge in [0.25, 0.3) is 0 Å². The molecule has 1 aliphatic heterocycles. The first-order valence-corrected chi connectivity index (χ1v) is 7.65. The number of carbonyl (C=O) groups is 2. The van der Waals surface area contributed by atoms with Crippen LogP contribution in [0.15, 0.2) is 42.5 Å². The third kappa shape index (κ3) is 4.35. The molecule has 1 aromatic carbocycles. The molecule has 22 heavy (non-hydrogen) atoms. The minimum atomic E-state index is -0.440. The number of nitrogens with one attached hydrogen (secondary N) is 1. The Hall–Kier alpha value is -2.30. The fourth-order valence-corrected chi connectivity index (χ4v) is 2.34. The highest BCUT2D eigenvalue weighted by atomic mass is 16.5. The molecule has 5 nitrogen and oxygen atoms in total. The van der Waals surface area contributed by atoms with E-state index in [1.807, 2.05) is 30.3 Å². The lowest BCUT2D eigenvalue weighted by atomic mass is 10.2. The van der Waals surface area contributed by atoms with Crippen molar-refractivity contribution in [3.05, 3.63) is 48.0 Å². The molecule has 1 fully saturated rings. The number of benzene rings is 1. The Kier molecular flexibility index (Phi) is 4.42. The molecule has 116 valence electrons. The summed E-state index contributed by atoms with van der Waals surface area (Å²) >= 11 is 0. The summed E-state index contributed by atoms with van der Waals surface area (Å²) in [5, 5.41) is 2.71. The first-order valence-electron chi connectivity index (χ1n) is 7.65. The normalized spacial score (nSPS) is 18.9. The van der Waals surface area contributed by atoms with Gasteiger partial charge < -0.3 is 15.0 Å². The summed E-state index contributed by atoms with van der Waals surface area (Å²) in [6.45, 7) is 1.45. The largest absolute Gasteiger partial charge is 0.445 e. The molecule has 5 heteroatoms. The van der Waals surface area contributed by atoms with Crippen LogP contribution in [0.3, 0.4) is 0 Å². The number of nitrogens with zero attached hydrogens (tertiary/aromatic N) is 1. The third-order valence-corrected chi connectivity index (χ3v) is 3.89. The summed E-state index contributed by atoms with van der Waals surface area (Å²) in [4.78, 5) is 25.3. The topological polar surface area (TPSA) is 58.4 Å². The van der Waals surface area contributed by atoms with Crippen molar-refractivity contribution in [1.82, 2.24) is 10.2 Å². The van der Waals surface area contributed by atoms with Crippen molar-refractivity contribution in [1.29, 1.82) is 0 Å². The van der Waals surface area contributed by atoms with Crippen molar-refractivity contribution < 1.29 is 14.3 Å². The van der Waals surface area contributed by atoms with Gasteiger partial charge in [-0.05, 0) is 17.9 Å². The van der Waals surface area contributed by atoms with Gasteiger partial charge in [0.05, 0.1) is 6.04 Å². The van der Waals surface area contributed by atoms with Crippen LogP contribution in [0.5, 0.6) is 0 Å². The average Bonchev–Trinajstić information content (AvgIpc) is 3.44. The molecule has 1 aliphatic carbocycles. The minimum absolute atomic E-state index is 0.129. The van der Waals surface area contributed by atoms with Gasteiger partial charge >= 0.3 is 6.09 Å². The predicted molar refractivity (Wildman–Crippen MR) is 82.0 cm³/mol. The van der Waals surface area contributed by atoms with Crippen molar-refractivity contribution in [3.63, 3.8) is 0 Å². The molecule has 0 saturated carbocycles. The Balaban J connectivity index is 1.28. The van der Waals surface area contributed by atoms with Crippen LogP contribution in [0.4, 0.5) is 4.79 Å². The zero-order chi connectivity index (χ0) is 15.4. The van der Waals surface area contributed by atoms with Crippen molar-refractivity contribution in [2.24, 2.45) is 5.92 Å². The maximum atomic E-state index is 11.9. The Morgan fingerprint density at radius 2 is 2.00 bits per heavy atom. The van der Waals surface area contributed by atoms with E-state index in [-0.39, 0.29) is 18.6 Å². The molecule has 1 atom stereocenters. The first-order chi connectivity index (χ1) is 10.7. The second-order valence-electron chi connectivity index (χ2n) is 5.73. The second kappa shape index (κ2) is 6.64. The third-order valence-electron chi connectivity index (χ3n) is 3.89. The van der Waals surface area contributed by atoms with Crippen LogP contribution in [0.25, 0.3) is 0 Å². The smallest absolute Gasteiger partial charge is 0.407 e. The molecule has 1 unspecified atom stereocenters. The highest BCUT2D eigenvalue weighted by Gasteiger charge is 2.38. The molecule has 2 aliphatic rings. The molecule has 1 N–H and O–H groups in total. The van der Waals surface area contributed by atoms with Crippen LogP contribution in [0.2, 0.25) is 0 Å². The molecule has 0 spiro atoms. The Morgan fingerprint density at radius 1 is 1.23 bits per heavy atom. The van der Waals surface area contributed by atoms with Crippen molar-refractivity contribution in [3.8, 4) is 0 Å². The van der Waals surface area contributed by atoms with Crippen LogP contribution in [0.1, 0.15) is 18.4 Å². The van der Waals surface area contributed by atoms with E-state index in [9.17, 15) is 9.59 Å². The van der Waals surface area contributed by atoms with E-state index in [1.54, 1.807) is 4.90 Å². The van der Waals surface area contributed by atoms with Crippen LogP contribution in [-0.4, -0.2) is 36.0 Å². The van der Waals surface area contributed by atoms with Crippen LogP contribution in [-0.2, 0) is 16.1 Å². The Morgan fingerprint density at radius 3 is 2.73 bits per heavy atom. The molecule has 1 aromatic rings. The van der Waals surface area contributed by atoms with E-state index in [1.165, 1.54) is 0 Å². The molecule has 0 radical (unpaired) electrons. The van der Waals surface area contributed by atoms with Gasteiger partial charge in [0, 0.05) is 19.5 Å².